The largest absolute Gasteiger partial charge is 0.324 e. The van der Waals surface area contributed by atoms with Gasteiger partial charge in [0.2, 0.25) is 5.91 Å². The summed E-state index contributed by atoms with van der Waals surface area (Å²) in [5.74, 6) is -0.300. The number of hydrogen-bond donors (Lipinski definition) is 2. The maximum Gasteiger partial charge on any atom is 0.238 e. The van der Waals surface area contributed by atoms with Gasteiger partial charge in [-0.25, -0.2) is 4.39 Å². The molecule has 0 fully saturated rings. The lowest BCUT2D eigenvalue weighted by Gasteiger charge is -2.17. The van der Waals surface area contributed by atoms with Crippen molar-refractivity contribution in [2.75, 3.05) is 25.5 Å². The number of anilines is 1. The second-order valence-corrected chi connectivity index (χ2v) is 8.09. The van der Waals surface area contributed by atoms with Crippen LogP contribution in [0.1, 0.15) is 12.1 Å². The first-order valence-corrected chi connectivity index (χ1v) is 11.0. The lowest BCUT2D eigenvalue weighted by molar-refractivity contribution is -0.117. The Morgan fingerprint density at radius 3 is 2.48 bits per heavy atom. The van der Waals surface area contributed by atoms with Gasteiger partial charge in [-0.2, -0.15) is 5.10 Å². The van der Waals surface area contributed by atoms with Crippen molar-refractivity contribution in [1.29, 1.82) is 0 Å². The Labute approximate surface area is 193 Å². The van der Waals surface area contributed by atoms with Crippen LogP contribution in [0.4, 0.5) is 10.1 Å². The number of likely N-dealkylation sites (N-methyl/N-ethyl adjacent to an activating group) is 1. The number of aromatic nitrogens is 2. The summed E-state index contributed by atoms with van der Waals surface area (Å²) in [6.45, 7) is 1.09. The third-order valence-electron chi connectivity index (χ3n) is 5.46. The Balaban J connectivity index is 1.26. The summed E-state index contributed by atoms with van der Waals surface area (Å²) in [6, 6.07) is 26.2. The van der Waals surface area contributed by atoms with Gasteiger partial charge in [-0.1, -0.05) is 48.5 Å². The molecule has 1 amide bonds. The Kier molecular flexibility index (Phi) is 7.27. The third kappa shape index (κ3) is 6.14. The number of H-pyrrole nitrogens is 1. The zero-order valence-electron chi connectivity index (χ0n) is 18.6. The number of nitrogens with one attached hydrogen (secondary N) is 2. The SMILES string of the molecule is CN(CCCc1cc(-c2ccc(F)cc2)n[nH]1)CC(=O)Nc1ccccc1-c1ccccc1. The van der Waals surface area contributed by atoms with Crippen molar-refractivity contribution in [2.45, 2.75) is 12.8 Å². The zero-order valence-corrected chi connectivity index (χ0v) is 18.6. The molecule has 5 nitrogen and oxygen atoms in total. The summed E-state index contributed by atoms with van der Waals surface area (Å²) < 4.78 is 13.1. The minimum Gasteiger partial charge on any atom is -0.324 e. The molecule has 4 aromatic rings. The number of halogens is 1. The molecule has 0 spiro atoms. The van der Waals surface area contributed by atoms with Crippen molar-refractivity contribution in [3.63, 3.8) is 0 Å². The maximum absolute atomic E-state index is 13.1. The molecule has 0 unspecified atom stereocenters. The van der Waals surface area contributed by atoms with Crippen LogP contribution in [0.25, 0.3) is 22.4 Å². The van der Waals surface area contributed by atoms with Crippen molar-refractivity contribution in [1.82, 2.24) is 15.1 Å². The highest BCUT2D eigenvalue weighted by Crippen LogP contribution is 2.27. The Morgan fingerprint density at radius 1 is 0.970 bits per heavy atom. The minimum absolute atomic E-state index is 0.0407. The minimum atomic E-state index is -0.259. The van der Waals surface area contributed by atoms with Crippen LogP contribution in [0.5, 0.6) is 0 Å². The number of benzene rings is 3. The highest BCUT2D eigenvalue weighted by molar-refractivity contribution is 5.96. The lowest BCUT2D eigenvalue weighted by atomic mass is 10.0. The molecule has 33 heavy (non-hydrogen) atoms. The van der Waals surface area contributed by atoms with Crippen molar-refractivity contribution in [3.05, 3.63) is 96.4 Å². The number of rotatable bonds is 9. The van der Waals surface area contributed by atoms with Crippen LogP contribution in [-0.4, -0.2) is 41.1 Å². The average molecular weight is 443 g/mol. The van der Waals surface area contributed by atoms with E-state index in [2.05, 4.69) is 15.5 Å². The molecule has 0 saturated heterocycles. The Morgan fingerprint density at radius 2 is 1.70 bits per heavy atom. The van der Waals surface area contributed by atoms with E-state index in [9.17, 15) is 9.18 Å². The van der Waals surface area contributed by atoms with Crippen molar-refractivity contribution >= 4 is 11.6 Å². The highest BCUT2D eigenvalue weighted by atomic mass is 19.1. The number of aryl methyl sites for hydroxylation is 1. The highest BCUT2D eigenvalue weighted by Gasteiger charge is 2.11. The number of hydrogen-bond acceptors (Lipinski definition) is 3. The van der Waals surface area contributed by atoms with Crippen LogP contribution in [0.2, 0.25) is 0 Å². The monoisotopic (exact) mass is 442 g/mol. The van der Waals surface area contributed by atoms with E-state index < -0.39 is 0 Å². The molecule has 1 aromatic heterocycles. The zero-order chi connectivity index (χ0) is 23.0. The summed E-state index contributed by atoms with van der Waals surface area (Å²) in [6.07, 6.45) is 1.70. The van der Waals surface area contributed by atoms with Crippen LogP contribution in [0, 0.1) is 5.82 Å². The second-order valence-electron chi connectivity index (χ2n) is 8.09. The molecule has 0 aliphatic heterocycles. The first kappa shape index (κ1) is 22.4. The molecule has 1 heterocycles. The van der Waals surface area contributed by atoms with E-state index in [1.54, 1.807) is 12.1 Å². The van der Waals surface area contributed by atoms with E-state index in [0.717, 1.165) is 53.2 Å². The summed E-state index contributed by atoms with van der Waals surface area (Å²) in [4.78, 5) is 14.6. The summed E-state index contributed by atoms with van der Waals surface area (Å²) in [7, 11) is 1.94. The van der Waals surface area contributed by atoms with Gasteiger partial charge in [0.25, 0.3) is 0 Å². The normalized spacial score (nSPS) is 11.0. The molecule has 6 heteroatoms. The number of para-hydroxylation sites is 1. The van der Waals surface area contributed by atoms with Gasteiger partial charge >= 0.3 is 0 Å². The third-order valence-corrected chi connectivity index (χ3v) is 5.46. The number of aromatic amines is 1. The summed E-state index contributed by atoms with van der Waals surface area (Å²) >= 11 is 0. The molecule has 0 atom stereocenters. The standard InChI is InChI=1S/C27H27FN4O/c1-32(17-7-10-23-18-26(31-30-23)21-13-15-22(28)16-14-21)19-27(33)29-25-12-6-5-11-24(25)20-8-3-2-4-9-20/h2-6,8-9,11-16,18H,7,10,17,19H2,1H3,(H,29,33)(H,30,31). The smallest absolute Gasteiger partial charge is 0.238 e. The molecule has 0 aliphatic rings. The van der Waals surface area contributed by atoms with Gasteiger partial charge in [0, 0.05) is 22.5 Å². The van der Waals surface area contributed by atoms with E-state index in [1.807, 2.05) is 72.6 Å². The van der Waals surface area contributed by atoms with Gasteiger partial charge in [0.05, 0.1) is 12.2 Å². The first-order chi connectivity index (χ1) is 16.1. The van der Waals surface area contributed by atoms with Gasteiger partial charge in [0.1, 0.15) is 5.82 Å². The van der Waals surface area contributed by atoms with E-state index >= 15 is 0 Å². The van der Waals surface area contributed by atoms with Crippen LogP contribution < -0.4 is 5.32 Å². The topological polar surface area (TPSA) is 61.0 Å². The Bertz CT molecular complexity index is 1190. The summed E-state index contributed by atoms with van der Waals surface area (Å²) in [5, 5.41) is 10.4. The predicted octanol–water partition coefficient (Wildman–Crippen LogP) is 5.39. The fourth-order valence-corrected chi connectivity index (χ4v) is 3.77. The van der Waals surface area contributed by atoms with Gasteiger partial charge in [-0.05, 0) is 68.4 Å². The molecule has 0 bridgehead atoms. The van der Waals surface area contributed by atoms with E-state index in [-0.39, 0.29) is 11.7 Å². The predicted molar refractivity (Wildman–Crippen MR) is 130 cm³/mol. The fraction of sp³-hybridized carbons (Fsp3) is 0.185. The van der Waals surface area contributed by atoms with Crippen LogP contribution >= 0.6 is 0 Å². The lowest BCUT2D eigenvalue weighted by Crippen LogP contribution is -2.31. The molecule has 168 valence electrons. The molecular weight excluding hydrogens is 415 g/mol. The van der Waals surface area contributed by atoms with Gasteiger partial charge in [0.15, 0.2) is 0 Å². The van der Waals surface area contributed by atoms with Gasteiger partial charge in [-0.15, -0.1) is 0 Å². The molecule has 2 N–H and O–H groups in total. The molecule has 0 aliphatic carbocycles. The van der Waals surface area contributed by atoms with E-state index in [1.165, 1.54) is 12.1 Å². The first-order valence-electron chi connectivity index (χ1n) is 11.0. The van der Waals surface area contributed by atoms with Crippen LogP contribution in [0.3, 0.4) is 0 Å². The van der Waals surface area contributed by atoms with Crippen molar-refractivity contribution in [2.24, 2.45) is 0 Å². The summed E-state index contributed by atoms with van der Waals surface area (Å²) in [5.41, 5.74) is 5.58. The van der Waals surface area contributed by atoms with Gasteiger partial charge < -0.3 is 5.32 Å². The van der Waals surface area contributed by atoms with Crippen molar-refractivity contribution in [3.8, 4) is 22.4 Å². The van der Waals surface area contributed by atoms with E-state index in [0.29, 0.717) is 6.54 Å². The molecule has 3 aromatic carbocycles. The second kappa shape index (κ2) is 10.7. The van der Waals surface area contributed by atoms with Crippen molar-refractivity contribution < 1.29 is 9.18 Å². The number of carbonyl (C=O) groups excluding carboxylic acids is 1. The fourth-order valence-electron chi connectivity index (χ4n) is 3.77. The van der Waals surface area contributed by atoms with Gasteiger partial charge in [-0.3, -0.25) is 14.8 Å². The molecule has 0 radical (unpaired) electrons. The average Bonchev–Trinajstić information content (AvgIpc) is 3.29. The van der Waals surface area contributed by atoms with E-state index in [4.69, 9.17) is 0 Å². The van der Waals surface area contributed by atoms with Crippen LogP contribution in [0.15, 0.2) is 84.9 Å². The molecular formula is C27H27FN4O. The molecule has 4 rings (SSSR count). The molecule has 0 saturated carbocycles. The van der Waals surface area contributed by atoms with Crippen LogP contribution in [-0.2, 0) is 11.2 Å². The Hall–Kier alpha value is -3.77. The number of amides is 1. The maximum atomic E-state index is 13.1. The number of carbonyl (C=O) groups is 1. The quantitative estimate of drug-likeness (QED) is 0.366. The number of nitrogens with zero attached hydrogens (tertiary/aromatic N) is 2.